The zero-order valence-electron chi connectivity index (χ0n) is 15.1. The van der Waals surface area contributed by atoms with Gasteiger partial charge in [0, 0.05) is 25.7 Å². The van der Waals surface area contributed by atoms with Crippen LogP contribution in [0.2, 0.25) is 0 Å². The van der Waals surface area contributed by atoms with E-state index in [9.17, 15) is 4.79 Å². The van der Waals surface area contributed by atoms with Crippen LogP contribution in [0.5, 0.6) is 0 Å². The predicted molar refractivity (Wildman–Crippen MR) is 89.1 cm³/mol. The maximum atomic E-state index is 11.9. The summed E-state index contributed by atoms with van der Waals surface area (Å²) in [5.41, 5.74) is -0.460. The van der Waals surface area contributed by atoms with Gasteiger partial charge in [0.1, 0.15) is 5.60 Å². The number of carbonyl (C=O) groups is 1. The van der Waals surface area contributed by atoms with Crippen LogP contribution in [0.4, 0.5) is 4.79 Å². The minimum atomic E-state index is -0.460. The molecule has 2 N–H and O–H groups in total. The molecule has 0 spiro atoms. The lowest BCUT2D eigenvalue weighted by Crippen LogP contribution is -2.51. The van der Waals surface area contributed by atoms with Crippen molar-refractivity contribution in [3.8, 4) is 0 Å². The molecule has 3 unspecified atom stereocenters. The smallest absolute Gasteiger partial charge is 0.407 e. The molecule has 5 heteroatoms. The molecule has 0 aliphatic heterocycles. The first-order chi connectivity index (χ1) is 10.2. The molecule has 0 aromatic carbocycles. The van der Waals surface area contributed by atoms with E-state index < -0.39 is 5.60 Å². The SMILES string of the molecule is COC(C)C(C)NC(CNC(=O)OC(C)(C)C)C1CCCC1. The van der Waals surface area contributed by atoms with E-state index in [0.717, 1.165) is 0 Å². The second kappa shape index (κ2) is 8.73. The molecule has 0 radical (unpaired) electrons. The number of amides is 1. The molecular formula is C17H34N2O3. The highest BCUT2D eigenvalue weighted by Crippen LogP contribution is 2.28. The second-order valence-electron chi connectivity index (χ2n) is 7.43. The van der Waals surface area contributed by atoms with Crippen LogP contribution in [0, 0.1) is 5.92 Å². The first-order valence-electron chi connectivity index (χ1n) is 8.48. The largest absolute Gasteiger partial charge is 0.444 e. The van der Waals surface area contributed by atoms with E-state index in [1.807, 2.05) is 20.8 Å². The van der Waals surface area contributed by atoms with E-state index in [2.05, 4.69) is 24.5 Å². The monoisotopic (exact) mass is 314 g/mol. The maximum absolute atomic E-state index is 11.9. The Morgan fingerprint density at radius 1 is 1.23 bits per heavy atom. The van der Waals surface area contributed by atoms with Crippen LogP contribution in [0.25, 0.3) is 0 Å². The van der Waals surface area contributed by atoms with Crippen molar-refractivity contribution in [3.63, 3.8) is 0 Å². The number of carbonyl (C=O) groups excluding carboxylic acids is 1. The molecule has 0 aromatic rings. The lowest BCUT2D eigenvalue weighted by atomic mass is 9.96. The van der Waals surface area contributed by atoms with E-state index in [-0.39, 0.29) is 24.3 Å². The first kappa shape index (κ1) is 19.2. The summed E-state index contributed by atoms with van der Waals surface area (Å²) in [6.45, 7) is 10.4. The summed E-state index contributed by atoms with van der Waals surface area (Å²) in [4.78, 5) is 11.9. The molecule has 0 saturated heterocycles. The van der Waals surface area contributed by atoms with Crippen molar-refractivity contribution in [2.75, 3.05) is 13.7 Å². The summed E-state index contributed by atoms with van der Waals surface area (Å²) in [5, 5.41) is 6.55. The van der Waals surface area contributed by atoms with E-state index in [4.69, 9.17) is 9.47 Å². The van der Waals surface area contributed by atoms with Gasteiger partial charge in [-0.05, 0) is 53.4 Å². The molecule has 0 bridgehead atoms. The van der Waals surface area contributed by atoms with Crippen molar-refractivity contribution < 1.29 is 14.3 Å². The van der Waals surface area contributed by atoms with E-state index in [1.165, 1.54) is 25.7 Å². The Balaban J connectivity index is 2.53. The van der Waals surface area contributed by atoms with Crippen LogP contribution in [0.1, 0.15) is 60.3 Å². The van der Waals surface area contributed by atoms with Crippen molar-refractivity contribution >= 4 is 6.09 Å². The number of alkyl carbamates (subject to hydrolysis) is 1. The van der Waals surface area contributed by atoms with Gasteiger partial charge in [-0.3, -0.25) is 0 Å². The number of ether oxygens (including phenoxy) is 2. The molecule has 1 aliphatic carbocycles. The van der Waals surface area contributed by atoms with Crippen molar-refractivity contribution in [1.29, 1.82) is 0 Å². The average molecular weight is 314 g/mol. The molecule has 22 heavy (non-hydrogen) atoms. The Bertz CT molecular complexity index is 335. The third-order valence-corrected chi connectivity index (χ3v) is 4.39. The molecule has 130 valence electrons. The summed E-state index contributed by atoms with van der Waals surface area (Å²) in [5.74, 6) is 0.612. The highest BCUT2D eigenvalue weighted by molar-refractivity contribution is 5.67. The highest BCUT2D eigenvalue weighted by Gasteiger charge is 2.28. The first-order valence-corrected chi connectivity index (χ1v) is 8.48. The van der Waals surface area contributed by atoms with Crippen LogP contribution in [0.3, 0.4) is 0 Å². The van der Waals surface area contributed by atoms with Gasteiger partial charge in [0.25, 0.3) is 0 Å². The fourth-order valence-electron chi connectivity index (χ4n) is 2.91. The van der Waals surface area contributed by atoms with Crippen molar-refractivity contribution in [2.45, 2.75) is 84.1 Å². The van der Waals surface area contributed by atoms with Gasteiger partial charge in [-0.2, -0.15) is 0 Å². The molecule has 1 aliphatic rings. The Labute approximate surface area is 135 Å². The second-order valence-corrected chi connectivity index (χ2v) is 7.43. The van der Waals surface area contributed by atoms with Crippen LogP contribution in [-0.2, 0) is 9.47 Å². The minimum Gasteiger partial charge on any atom is -0.444 e. The number of hydrogen-bond acceptors (Lipinski definition) is 4. The maximum Gasteiger partial charge on any atom is 0.407 e. The van der Waals surface area contributed by atoms with Crippen molar-refractivity contribution in [3.05, 3.63) is 0 Å². The van der Waals surface area contributed by atoms with E-state index in [0.29, 0.717) is 12.5 Å². The van der Waals surface area contributed by atoms with Crippen LogP contribution >= 0.6 is 0 Å². The molecule has 1 amide bonds. The van der Waals surface area contributed by atoms with Gasteiger partial charge in [-0.25, -0.2) is 4.79 Å². The molecule has 1 rings (SSSR count). The molecule has 0 aromatic heterocycles. The van der Waals surface area contributed by atoms with Gasteiger partial charge in [-0.15, -0.1) is 0 Å². The van der Waals surface area contributed by atoms with E-state index >= 15 is 0 Å². The molecule has 5 nitrogen and oxygen atoms in total. The zero-order chi connectivity index (χ0) is 16.8. The summed E-state index contributed by atoms with van der Waals surface area (Å²) in [6, 6.07) is 0.513. The topological polar surface area (TPSA) is 59.6 Å². The molecular weight excluding hydrogens is 280 g/mol. The Morgan fingerprint density at radius 3 is 2.32 bits per heavy atom. The number of rotatable bonds is 7. The average Bonchev–Trinajstić information content (AvgIpc) is 2.94. The Kier molecular flexibility index (Phi) is 7.63. The van der Waals surface area contributed by atoms with Gasteiger partial charge in [-0.1, -0.05) is 12.8 Å². The lowest BCUT2D eigenvalue weighted by molar-refractivity contribution is 0.0507. The van der Waals surface area contributed by atoms with Gasteiger partial charge < -0.3 is 20.1 Å². The summed E-state index contributed by atoms with van der Waals surface area (Å²) < 4.78 is 10.7. The van der Waals surface area contributed by atoms with Crippen molar-refractivity contribution in [2.24, 2.45) is 5.92 Å². The molecule has 3 atom stereocenters. The third kappa shape index (κ3) is 6.97. The Morgan fingerprint density at radius 2 is 1.82 bits per heavy atom. The van der Waals surface area contributed by atoms with Gasteiger partial charge >= 0.3 is 6.09 Å². The molecule has 0 heterocycles. The standard InChI is InChI=1S/C17H34N2O3/c1-12(13(2)21-6)19-15(14-9-7-8-10-14)11-18-16(20)22-17(3,4)5/h12-15,19H,7-11H2,1-6H3,(H,18,20). The zero-order valence-corrected chi connectivity index (χ0v) is 15.1. The third-order valence-electron chi connectivity index (χ3n) is 4.39. The number of nitrogens with one attached hydrogen (secondary N) is 2. The van der Waals surface area contributed by atoms with Crippen molar-refractivity contribution in [1.82, 2.24) is 10.6 Å². The number of methoxy groups -OCH3 is 1. The summed E-state index contributed by atoms with van der Waals surface area (Å²) >= 11 is 0. The van der Waals surface area contributed by atoms with Crippen LogP contribution in [0.15, 0.2) is 0 Å². The quantitative estimate of drug-likeness (QED) is 0.758. The fraction of sp³-hybridized carbons (Fsp3) is 0.941. The molecule has 1 fully saturated rings. The van der Waals surface area contributed by atoms with Gasteiger partial charge in [0.05, 0.1) is 6.10 Å². The Hall–Kier alpha value is -0.810. The lowest BCUT2D eigenvalue weighted by Gasteiger charge is -2.31. The molecule has 1 saturated carbocycles. The number of hydrogen-bond donors (Lipinski definition) is 2. The normalized spacial score (nSPS) is 20.5. The highest BCUT2D eigenvalue weighted by atomic mass is 16.6. The van der Waals surface area contributed by atoms with Crippen LogP contribution in [-0.4, -0.2) is 43.5 Å². The fourth-order valence-corrected chi connectivity index (χ4v) is 2.91. The van der Waals surface area contributed by atoms with E-state index in [1.54, 1.807) is 7.11 Å². The minimum absolute atomic E-state index is 0.144. The summed E-state index contributed by atoms with van der Waals surface area (Å²) in [6.07, 6.45) is 4.81. The predicted octanol–water partition coefficient (Wildman–Crippen LogP) is 3.08. The van der Waals surface area contributed by atoms with Crippen LogP contribution < -0.4 is 10.6 Å². The van der Waals surface area contributed by atoms with Gasteiger partial charge in [0.2, 0.25) is 0 Å². The summed E-state index contributed by atoms with van der Waals surface area (Å²) in [7, 11) is 1.73. The van der Waals surface area contributed by atoms with Gasteiger partial charge in [0.15, 0.2) is 0 Å².